The molecule has 2 saturated heterocycles. The van der Waals surface area contributed by atoms with Crippen LogP contribution in [-0.4, -0.2) is 75.8 Å². The maximum Gasteiger partial charge on any atom is 0.409 e. The number of carbonyl (C=O) groups excluding carboxylic acids is 3. The minimum Gasteiger partial charge on any atom is -0.448 e. The van der Waals surface area contributed by atoms with Gasteiger partial charge in [-0.2, -0.15) is 5.10 Å². The largest absolute Gasteiger partial charge is 0.448 e. The van der Waals surface area contributed by atoms with Crippen LogP contribution >= 0.6 is 0 Å². The molecule has 35 heavy (non-hydrogen) atoms. The summed E-state index contributed by atoms with van der Waals surface area (Å²) >= 11 is 0. The Labute approximate surface area is 202 Å². The molecule has 4 rings (SSSR count). The monoisotopic (exact) mass is 487 g/mol. The van der Waals surface area contributed by atoms with E-state index in [0.29, 0.717) is 38.2 Å². The predicted octanol–water partition coefficient (Wildman–Crippen LogP) is 1.59. The van der Waals surface area contributed by atoms with Crippen LogP contribution in [0.15, 0.2) is 30.5 Å². The Morgan fingerprint density at radius 1 is 1.29 bits per heavy atom. The quantitative estimate of drug-likeness (QED) is 0.537. The third-order valence-electron chi connectivity index (χ3n) is 6.41. The lowest BCUT2D eigenvalue weighted by molar-refractivity contribution is -0.128. The molecule has 2 aliphatic heterocycles. The van der Waals surface area contributed by atoms with Gasteiger partial charge in [0.25, 0.3) is 5.91 Å². The van der Waals surface area contributed by atoms with Crippen molar-refractivity contribution in [2.75, 3.05) is 38.1 Å². The van der Waals surface area contributed by atoms with Gasteiger partial charge >= 0.3 is 6.09 Å². The number of piperidine rings is 1. The number of benzene rings is 1. The van der Waals surface area contributed by atoms with Crippen LogP contribution in [-0.2, 0) is 9.53 Å². The average Bonchev–Trinajstić information content (AvgIpc) is 3.40. The molecular formula is C23H30FN7O4. The van der Waals surface area contributed by atoms with Crippen LogP contribution in [0.4, 0.5) is 20.7 Å². The van der Waals surface area contributed by atoms with Gasteiger partial charge in [-0.1, -0.05) is 0 Å². The number of anilines is 2. The number of nitrogens with zero attached hydrogens (tertiary/aromatic N) is 4. The zero-order valence-corrected chi connectivity index (χ0v) is 19.6. The van der Waals surface area contributed by atoms with Gasteiger partial charge in [-0.3, -0.25) is 14.3 Å². The molecule has 2 atom stereocenters. The van der Waals surface area contributed by atoms with Crippen LogP contribution in [0, 0.1) is 5.82 Å². The number of primary amides is 1. The average molecular weight is 488 g/mol. The van der Waals surface area contributed by atoms with E-state index >= 15 is 0 Å². The number of hydrogen-bond acceptors (Lipinski definition) is 7. The molecule has 1 aromatic carbocycles. The van der Waals surface area contributed by atoms with Crippen LogP contribution < -0.4 is 16.8 Å². The van der Waals surface area contributed by atoms with E-state index in [4.69, 9.17) is 16.2 Å². The van der Waals surface area contributed by atoms with Crippen molar-refractivity contribution in [2.24, 2.45) is 11.5 Å². The standard InChI is InChI=1S/C23H30FN7O4/c1-23(26)14-30(22(34)35-12-11-29-9-2-3-19(29)32)10-8-18(23)31-13-17(20(25)33)21(28-31)27-16-6-4-15(24)5-7-16/h4-7,13,18H,2-3,8-12,14,26H2,1H3,(H2,25,33)(H,27,28)/t18-,23+/m1/s1. The Hall–Kier alpha value is -3.67. The second-order valence-corrected chi connectivity index (χ2v) is 9.20. The highest BCUT2D eigenvalue weighted by molar-refractivity contribution is 5.98. The fourth-order valence-electron chi connectivity index (χ4n) is 4.56. The predicted molar refractivity (Wildman–Crippen MR) is 125 cm³/mol. The second kappa shape index (κ2) is 9.90. The van der Waals surface area contributed by atoms with Gasteiger partial charge in [-0.15, -0.1) is 0 Å². The lowest BCUT2D eigenvalue weighted by Crippen LogP contribution is -2.59. The van der Waals surface area contributed by atoms with Gasteiger partial charge in [0.2, 0.25) is 5.91 Å². The molecule has 0 saturated carbocycles. The topological polar surface area (TPSA) is 149 Å². The van der Waals surface area contributed by atoms with Gasteiger partial charge in [0.05, 0.1) is 18.1 Å². The van der Waals surface area contributed by atoms with E-state index in [1.807, 2.05) is 0 Å². The summed E-state index contributed by atoms with van der Waals surface area (Å²) in [4.78, 5) is 39.5. The number of carbonyl (C=O) groups is 3. The van der Waals surface area contributed by atoms with Crippen LogP contribution in [0.25, 0.3) is 0 Å². The fraction of sp³-hybridized carbons (Fsp3) is 0.478. The lowest BCUT2D eigenvalue weighted by atomic mass is 9.87. The number of likely N-dealkylation sites (tertiary alicyclic amines) is 2. The van der Waals surface area contributed by atoms with Crippen molar-refractivity contribution in [3.63, 3.8) is 0 Å². The van der Waals surface area contributed by atoms with E-state index in [0.717, 1.165) is 6.42 Å². The van der Waals surface area contributed by atoms with Crippen LogP contribution in [0.1, 0.15) is 42.6 Å². The molecule has 3 heterocycles. The number of ether oxygens (including phenoxy) is 1. The molecule has 5 N–H and O–H groups in total. The molecule has 11 nitrogen and oxygen atoms in total. The molecule has 0 bridgehead atoms. The highest BCUT2D eigenvalue weighted by Crippen LogP contribution is 2.32. The zero-order chi connectivity index (χ0) is 25.2. The van der Waals surface area contributed by atoms with Gasteiger partial charge in [-0.25, -0.2) is 9.18 Å². The van der Waals surface area contributed by atoms with Crippen molar-refractivity contribution in [2.45, 2.75) is 37.8 Å². The lowest BCUT2D eigenvalue weighted by Gasteiger charge is -2.43. The highest BCUT2D eigenvalue weighted by Gasteiger charge is 2.41. The van der Waals surface area contributed by atoms with Crippen molar-refractivity contribution in [1.82, 2.24) is 19.6 Å². The Balaban J connectivity index is 1.40. The number of nitrogens with two attached hydrogens (primary N) is 2. The maximum atomic E-state index is 13.2. The van der Waals surface area contributed by atoms with E-state index in [1.54, 1.807) is 21.4 Å². The molecule has 0 spiro atoms. The number of hydrogen-bond donors (Lipinski definition) is 3. The minimum absolute atomic E-state index is 0.0826. The van der Waals surface area contributed by atoms with Crippen molar-refractivity contribution < 1.29 is 23.5 Å². The third-order valence-corrected chi connectivity index (χ3v) is 6.41. The van der Waals surface area contributed by atoms with Gasteiger partial charge in [0.15, 0.2) is 5.82 Å². The van der Waals surface area contributed by atoms with Crippen molar-refractivity contribution in [3.05, 3.63) is 41.8 Å². The Bertz CT molecular complexity index is 1100. The fourth-order valence-corrected chi connectivity index (χ4v) is 4.56. The summed E-state index contributed by atoms with van der Waals surface area (Å²) in [5, 5.41) is 7.49. The Morgan fingerprint density at radius 3 is 2.66 bits per heavy atom. The molecule has 0 aliphatic carbocycles. The molecule has 12 heteroatoms. The molecule has 2 aliphatic rings. The summed E-state index contributed by atoms with van der Waals surface area (Å²) in [6.45, 7) is 3.60. The van der Waals surface area contributed by atoms with Gasteiger partial charge in [0, 0.05) is 37.9 Å². The summed E-state index contributed by atoms with van der Waals surface area (Å²) in [6.07, 6.45) is 2.90. The molecular weight excluding hydrogens is 457 g/mol. The Kier molecular flexibility index (Phi) is 6.92. The summed E-state index contributed by atoms with van der Waals surface area (Å²) in [5.41, 5.74) is 12.0. The molecule has 1 aromatic heterocycles. The first-order valence-electron chi connectivity index (χ1n) is 11.5. The van der Waals surface area contributed by atoms with E-state index in [2.05, 4.69) is 10.4 Å². The number of nitrogens with one attached hydrogen (secondary N) is 1. The number of halogens is 1. The van der Waals surface area contributed by atoms with Gasteiger partial charge in [0.1, 0.15) is 18.0 Å². The molecule has 2 aromatic rings. The van der Waals surface area contributed by atoms with Gasteiger partial charge < -0.3 is 31.3 Å². The first kappa shape index (κ1) is 24.5. The van der Waals surface area contributed by atoms with Crippen molar-refractivity contribution in [1.29, 1.82) is 0 Å². The van der Waals surface area contributed by atoms with Crippen LogP contribution in [0.3, 0.4) is 0 Å². The smallest absolute Gasteiger partial charge is 0.409 e. The van der Waals surface area contributed by atoms with E-state index in [1.165, 1.54) is 30.5 Å². The van der Waals surface area contributed by atoms with E-state index < -0.39 is 17.5 Å². The molecule has 3 amide bonds. The molecule has 0 radical (unpaired) electrons. The number of rotatable bonds is 7. The summed E-state index contributed by atoms with van der Waals surface area (Å²) in [7, 11) is 0. The normalized spacial score (nSPS) is 22.4. The van der Waals surface area contributed by atoms with Crippen molar-refractivity contribution >= 4 is 29.4 Å². The molecule has 0 unspecified atom stereocenters. The zero-order valence-electron chi connectivity index (χ0n) is 19.6. The summed E-state index contributed by atoms with van der Waals surface area (Å²) in [6, 6.07) is 5.30. The summed E-state index contributed by atoms with van der Waals surface area (Å²) in [5.74, 6) is -0.737. The number of amides is 3. The minimum atomic E-state index is -0.879. The second-order valence-electron chi connectivity index (χ2n) is 9.20. The maximum absolute atomic E-state index is 13.2. The Morgan fingerprint density at radius 2 is 2.03 bits per heavy atom. The third kappa shape index (κ3) is 5.53. The van der Waals surface area contributed by atoms with E-state index in [9.17, 15) is 18.8 Å². The highest BCUT2D eigenvalue weighted by atomic mass is 19.1. The molecule has 188 valence electrons. The van der Waals surface area contributed by atoms with Crippen LogP contribution in [0.5, 0.6) is 0 Å². The van der Waals surface area contributed by atoms with E-state index in [-0.39, 0.29) is 42.3 Å². The summed E-state index contributed by atoms with van der Waals surface area (Å²) < 4.78 is 20.2. The van der Waals surface area contributed by atoms with Crippen LogP contribution in [0.2, 0.25) is 0 Å². The van der Waals surface area contributed by atoms with Gasteiger partial charge in [-0.05, 0) is 44.0 Å². The first-order chi connectivity index (χ1) is 16.6. The molecule has 2 fully saturated rings. The van der Waals surface area contributed by atoms with Crippen molar-refractivity contribution in [3.8, 4) is 0 Å². The SMILES string of the molecule is C[C@]1(N)CN(C(=O)OCCN2CCCC2=O)CC[C@H]1n1cc(C(N)=O)c(Nc2ccc(F)cc2)n1. The first-order valence-corrected chi connectivity index (χ1v) is 11.5. The number of aromatic nitrogens is 2.